The van der Waals surface area contributed by atoms with Gasteiger partial charge in [-0.1, -0.05) is 223 Å². The maximum Gasteiger partial charge on any atom is 0.200 e. The Morgan fingerprint density at radius 3 is 1.17 bits per heavy atom. The molecule has 1 fully saturated rings. The summed E-state index contributed by atoms with van der Waals surface area (Å²) in [6.07, 6.45) is 41.4. The molecule has 1 saturated carbocycles. The van der Waals surface area contributed by atoms with Gasteiger partial charge in [0.1, 0.15) is 11.5 Å². The van der Waals surface area contributed by atoms with Gasteiger partial charge in [0.15, 0.2) is 11.5 Å². The minimum Gasteiger partial charge on any atom is -0.508 e. The van der Waals surface area contributed by atoms with Crippen LogP contribution < -0.4 is 0 Å². The topological polar surface area (TPSA) is 101 Å². The molecule has 0 aliphatic heterocycles. The number of aryl methyl sites for hydroxylation is 2. The number of hydrogen-bond acceptors (Lipinski definition) is 5. The molecular formula is C64H86O5. The largest absolute Gasteiger partial charge is 0.508 e. The molecule has 0 aromatic heterocycles. The molecule has 372 valence electrons. The minimum atomic E-state index is -0.448. The van der Waals surface area contributed by atoms with Crippen LogP contribution in [0.5, 0.6) is 28.7 Å². The summed E-state index contributed by atoms with van der Waals surface area (Å²) in [5, 5.41) is 48.4. The predicted molar refractivity (Wildman–Crippen MR) is 305 cm³/mol. The molecule has 5 N–H and O–H groups in total. The molecule has 69 heavy (non-hydrogen) atoms. The first-order valence-corrected chi connectivity index (χ1v) is 23.5. The SMILES string of the molecule is C=C/C=C/C.C=C/C=C/C.C=C/C=C/C.C=C/C=C/C.C=C/C=C/C.C=C/C=C/C.Cc1cc(Cc2ccc(C3CCCCC3)cc2)c(O)cc1O.Cc1cc(Cc2ccccc2)c(O)c(O)c1O. The zero-order valence-corrected chi connectivity index (χ0v) is 43.3. The monoisotopic (exact) mass is 935 g/mol. The van der Waals surface area contributed by atoms with E-state index in [1.807, 2.05) is 158 Å². The lowest BCUT2D eigenvalue weighted by molar-refractivity contribution is 0.363. The van der Waals surface area contributed by atoms with E-state index >= 15 is 0 Å². The highest BCUT2D eigenvalue weighted by molar-refractivity contribution is 5.58. The van der Waals surface area contributed by atoms with Crippen LogP contribution in [-0.2, 0) is 12.8 Å². The maximum atomic E-state index is 9.98. The summed E-state index contributed by atoms with van der Waals surface area (Å²) in [7, 11) is 0. The molecule has 1 aliphatic carbocycles. The molecule has 0 amide bonds. The second kappa shape index (κ2) is 45.9. The first-order valence-electron chi connectivity index (χ1n) is 23.5. The van der Waals surface area contributed by atoms with Crippen LogP contribution in [-0.4, -0.2) is 25.5 Å². The van der Waals surface area contributed by atoms with Crippen molar-refractivity contribution in [3.63, 3.8) is 0 Å². The number of rotatable bonds is 11. The molecule has 4 aromatic carbocycles. The van der Waals surface area contributed by atoms with Crippen molar-refractivity contribution in [3.05, 3.63) is 261 Å². The lowest BCUT2D eigenvalue weighted by Crippen LogP contribution is -2.04. The summed E-state index contributed by atoms with van der Waals surface area (Å²) in [6, 6.07) is 23.4. The lowest BCUT2D eigenvalue weighted by Gasteiger charge is -2.22. The molecule has 0 bridgehead atoms. The van der Waals surface area contributed by atoms with E-state index in [-0.39, 0.29) is 23.0 Å². The summed E-state index contributed by atoms with van der Waals surface area (Å²) in [5.74, 6) is 0.0765. The van der Waals surface area contributed by atoms with E-state index in [1.54, 1.807) is 49.4 Å². The van der Waals surface area contributed by atoms with Gasteiger partial charge in [-0.2, -0.15) is 0 Å². The Morgan fingerprint density at radius 1 is 0.420 bits per heavy atom. The van der Waals surface area contributed by atoms with Gasteiger partial charge in [0.2, 0.25) is 5.75 Å². The third kappa shape index (κ3) is 33.8. The van der Waals surface area contributed by atoms with Crippen LogP contribution in [0.15, 0.2) is 222 Å². The molecule has 0 spiro atoms. The van der Waals surface area contributed by atoms with E-state index in [2.05, 4.69) is 63.7 Å². The van der Waals surface area contributed by atoms with Crippen molar-refractivity contribution in [2.75, 3.05) is 0 Å². The third-order valence-corrected chi connectivity index (χ3v) is 9.57. The fourth-order valence-corrected chi connectivity index (χ4v) is 6.07. The van der Waals surface area contributed by atoms with Crippen molar-refractivity contribution in [2.24, 2.45) is 0 Å². The van der Waals surface area contributed by atoms with Crippen LogP contribution in [0.4, 0.5) is 0 Å². The number of phenols is 5. The molecular weight excluding hydrogens is 849 g/mol. The van der Waals surface area contributed by atoms with Crippen LogP contribution >= 0.6 is 0 Å². The zero-order valence-electron chi connectivity index (χ0n) is 43.3. The highest BCUT2D eigenvalue weighted by atomic mass is 16.3. The molecule has 5 heteroatoms. The van der Waals surface area contributed by atoms with Gasteiger partial charge in [-0.05, 0) is 120 Å². The number of aromatic hydroxyl groups is 5. The average molecular weight is 935 g/mol. The average Bonchev–Trinajstić information content (AvgIpc) is 3.35. The first-order chi connectivity index (χ1) is 33.2. The van der Waals surface area contributed by atoms with Crippen molar-refractivity contribution in [1.29, 1.82) is 0 Å². The quantitative estimate of drug-likeness (QED) is 0.0762. The molecule has 0 saturated heterocycles. The summed E-state index contributed by atoms with van der Waals surface area (Å²) in [4.78, 5) is 0. The minimum absolute atomic E-state index is 0.147. The van der Waals surface area contributed by atoms with Gasteiger partial charge >= 0.3 is 0 Å². The highest BCUT2D eigenvalue weighted by Gasteiger charge is 2.16. The van der Waals surface area contributed by atoms with Crippen LogP contribution in [0.1, 0.15) is 119 Å². The van der Waals surface area contributed by atoms with E-state index in [1.165, 1.54) is 49.3 Å². The molecule has 5 nitrogen and oxygen atoms in total. The van der Waals surface area contributed by atoms with E-state index in [0.29, 0.717) is 24.0 Å². The molecule has 1 aliphatic rings. The number of benzene rings is 4. The Bertz CT molecular complexity index is 2050. The molecule has 0 unspecified atom stereocenters. The van der Waals surface area contributed by atoms with Crippen molar-refractivity contribution < 1.29 is 25.5 Å². The van der Waals surface area contributed by atoms with Gasteiger partial charge in [-0.3, -0.25) is 0 Å². The second-order valence-electron chi connectivity index (χ2n) is 15.2. The molecule has 5 rings (SSSR count). The lowest BCUT2D eigenvalue weighted by atomic mass is 9.84. The van der Waals surface area contributed by atoms with Crippen molar-refractivity contribution in [1.82, 2.24) is 0 Å². The van der Waals surface area contributed by atoms with E-state index in [4.69, 9.17) is 0 Å². The van der Waals surface area contributed by atoms with Crippen LogP contribution in [0.3, 0.4) is 0 Å². The first kappa shape index (κ1) is 66.0. The highest BCUT2D eigenvalue weighted by Crippen LogP contribution is 2.40. The zero-order chi connectivity index (χ0) is 52.7. The van der Waals surface area contributed by atoms with E-state index in [9.17, 15) is 25.5 Å². The van der Waals surface area contributed by atoms with Crippen LogP contribution in [0, 0.1) is 13.8 Å². The third-order valence-electron chi connectivity index (χ3n) is 9.57. The molecule has 0 heterocycles. The Morgan fingerprint density at radius 2 is 0.797 bits per heavy atom. The van der Waals surface area contributed by atoms with Gasteiger partial charge in [0, 0.05) is 24.5 Å². The summed E-state index contributed by atoms with van der Waals surface area (Å²) in [6.45, 7) is 36.1. The van der Waals surface area contributed by atoms with Crippen LogP contribution in [0.25, 0.3) is 0 Å². The standard InChI is InChI=1S/C20H24O2.C14H14O3.6C5H8/c1-14-11-18(20(22)13-19(14)21)12-15-7-9-17(10-8-15)16-5-3-2-4-6-16;1-9-7-11(13(16)14(17)12(9)15)8-10-5-3-2-4-6-10;6*1-3-5-4-2/h7-11,13,16,21-22H,2-6,12H2,1H3;2-7,15-17H,8H2,1H3;6*3-5H,1H2,2H3/b;;6*5-4+. The normalized spacial score (nSPS) is 11.5. The number of hydrogen-bond donors (Lipinski definition) is 5. The van der Waals surface area contributed by atoms with Crippen molar-refractivity contribution in [2.45, 2.75) is 106 Å². The van der Waals surface area contributed by atoms with Crippen LogP contribution in [0.2, 0.25) is 0 Å². The smallest absolute Gasteiger partial charge is 0.200 e. The summed E-state index contributed by atoms with van der Waals surface area (Å²) >= 11 is 0. The Balaban J connectivity index is -0.000000813. The molecule has 0 radical (unpaired) electrons. The van der Waals surface area contributed by atoms with Gasteiger partial charge < -0.3 is 25.5 Å². The van der Waals surface area contributed by atoms with Gasteiger partial charge in [-0.25, -0.2) is 0 Å². The Labute approximate surface area is 419 Å². The maximum absolute atomic E-state index is 9.98. The number of phenolic OH excluding ortho intramolecular Hbond substituents is 5. The fraction of sp³-hybridized carbons (Fsp3) is 0.250. The second-order valence-corrected chi connectivity index (χ2v) is 15.2. The Hall–Kier alpha value is -7.24. The van der Waals surface area contributed by atoms with Crippen molar-refractivity contribution in [3.8, 4) is 28.7 Å². The van der Waals surface area contributed by atoms with Gasteiger partial charge in [0.05, 0.1) is 0 Å². The van der Waals surface area contributed by atoms with Gasteiger partial charge in [-0.15, -0.1) is 0 Å². The molecule has 0 atom stereocenters. The van der Waals surface area contributed by atoms with E-state index in [0.717, 1.165) is 22.6 Å². The summed E-state index contributed by atoms with van der Waals surface area (Å²) in [5.41, 5.74) is 6.49. The summed E-state index contributed by atoms with van der Waals surface area (Å²) < 4.78 is 0. The number of allylic oxidation sites excluding steroid dienone is 18. The van der Waals surface area contributed by atoms with Crippen molar-refractivity contribution >= 4 is 0 Å². The molecule has 4 aromatic rings. The fourth-order valence-electron chi connectivity index (χ4n) is 6.07. The Kier molecular flexibility index (Phi) is 43.9. The van der Waals surface area contributed by atoms with Gasteiger partial charge in [0.25, 0.3) is 0 Å². The van der Waals surface area contributed by atoms with E-state index < -0.39 is 5.75 Å². The predicted octanol–water partition coefficient (Wildman–Crippen LogP) is 18.2.